The normalized spacial score (nSPS) is 10.7. The summed E-state index contributed by atoms with van der Waals surface area (Å²) >= 11 is 6.59. The van der Waals surface area contributed by atoms with Gasteiger partial charge in [0.15, 0.2) is 5.15 Å². The van der Waals surface area contributed by atoms with Crippen molar-refractivity contribution in [3.8, 4) is 45.0 Å². The fourth-order valence-electron chi connectivity index (χ4n) is 3.51. The maximum Gasteiger partial charge on any atom is 0.156 e. The molecule has 0 spiro atoms. The van der Waals surface area contributed by atoms with Crippen molar-refractivity contribution in [2.24, 2.45) is 0 Å². The molecule has 0 saturated heterocycles. The smallest absolute Gasteiger partial charge is 0.156 e. The van der Waals surface area contributed by atoms with Gasteiger partial charge < -0.3 is 0 Å². The highest BCUT2D eigenvalue weighted by Gasteiger charge is 2.17. The van der Waals surface area contributed by atoms with Gasteiger partial charge >= 0.3 is 0 Å². The van der Waals surface area contributed by atoms with Crippen LogP contribution >= 0.6 is 11.6 Å². The minimum Gasteiger partial charge on any atom is -0.256 e. The van der Waals surface area contributed by atoms with Crippen LogP contribution in [-0.2, 0) is 0 Å². The van der Waals surface area contributed by atoms with Crippen LogP contribution in [0, 0.1) is 0 Å². The summed E-state index contributed by atoms with van der Waals surface area (Å²) in [6.45, 7) is 0. The van der Waals surface area contributed by atoms with Crippen LogP contribution in [0.25, 0.3) is 45.0 Å². The number of nitrogens with zero attached hydrogens (tertiary/aromatic N) is 3. The first-order valence-corrected chi connectivity index (χ1v) is 10.4. The van der Waals surface area contributed by atoms with E-state index in [-0.39, 0.29) is 0 Å². The summed E-state index contributed by atoms with van der Waals surface area (Å²) in [5, 5.41) is 0.377. The van der Waals surface area contributed by atoms with Gasteiger partial charge in [0.25, 0.3) is 0 Å². The second-order valence-electron chi connectivity index (χ2n) is 7.09. The third kappa shape index (κ3) is 3.96. The minimum atomic E-state index is 0.377. The third-order valence-electron chi connectivity index (χ3n) is 5.05. The lowest BCUT2D eigenvalue weighted by Gasteiger charge is -2.13. The van der Waals surface area contributed by atoms with E-state index in [0.717, 1.165) is 39.3 Å². The Morgan fingerprint density at radius 3 is 1.52 bits per heavy atom. The Kier molecular flexibility index (Phi) is 5.26. The highest BCUT2D eigenvalue weighted by Crippen LogP contribution is 2.35. The number of aromatic nitrogens is 3. The van der Waals surface area contributed by atoms with E-state index >= 15 is 0 Å². The van der Waals surface area contributed by atoms with Gasteiger partial charge in [-0.3, -0.25) is 4.98 Å². The van der Waals surface area contributed by atoms with Crippen LogP contribution in [0.2, 0.25) is 5.15 Å². The summed E-state index contributed by atoms with van der Waals surface area (Å²) in [5.74, 6) is 0. The monoisotopic (exact) mass is 419 g/mol. The SMILES string of the molecule is Clc1nc(-c2ccccc2)c(-c2ccc(-c3ccccc3)nc2)nc1-c1ccccc1. The lowest BCUT2D eigenvalue weighted by Crippen LogP contribution is -1.98. The van der Waals surface area contributed by atoms with E-state index in [9.17, 15) is 0 Å². The second kappa shape index (κ2) is 8.50. The molecule has 3 nitrogen and oxygen atoms in total. The Morgan fingerprint density at radius 1 is 0.452 bits per heavy atom. The highest BCUT2D eigenvalue weighted by atomic mass is 35.5. The molecule has 2 heterocycles. The molecule has 0 atom stereocenters. The molecule has 0 radical (unpaired) electrons. The van der Waals surface area contributed by atoms with E-state index in [4.69, 9.17) is 21.6 Å². The average molecular weight is 420 g/mol. The Labute approximate surface area is 186 Å². The zero-order valence-electron chi connectivity index (χ0n) is 16.6. The van der Waals surface area contributed by atoms with Crippen LogP contribution in [0.5, 0.6) is 0 Å². The van der Waals surface area contributed by atoms with Crippen LogP contribution in [0.3, 0.4) is 0 Å². The topological polar surface area (TPSA) is 38.7 Å². The van der Waals surface area contributed by atoms with Crippen molar-refractivity contribution in [3.05, 3.63) is 114 Å². The highest BCUT2D eigenvalue weighted by molar-refractivity contribution is 6.32. The fourth-order valence-corrected chi connectivity index (χ4v) is 3.74. The van der Waals surface area contributed by atoms with Gasteiger partial charge in [0.2, 0.25) is 0 Å². The Morgan fingerprint density at radius 2 is 0.968 bits per heavy atom. The molecule has 5 aromatic rings. The minimum absolute atomic E-state index is 0.377. The van der Waals surface area contributed by atoms with E-state index < -0.39 is 0 Å². The summed E-state index contributed by atoms with van der Waals surface area (Å²) in [6.07, 6.45) is 1.85. The molecule has 0 unspecified atom stereocenters. The molecule has 0 aliphatic heterocycles. The van der Waals surface area contributed by atoms with E-state index in [0.29, 0.717) is 10.8 Å². The molecule has 31 heavy (non-hydrogen) atoms. The molecular formula is C27H18ClN3. The largest absolute Gasteiger partial charge is 0.256 e. The molecule has 5 rings (SSSR count). The van der Waals surface area contributed by atoms with Gasteiger partial charge in [-0.1, -0.05) is 103 Å². The summed E-state index contributed by atoms with van der Waals surface area (Å²) in [5.41, 5.74) is 6.90. The molecule has 3 aromatic carbocycles. The molecule has 148 valence electrons. The third-order valence-corrected chi connectivity index (χ3v) is 5.32. The molecule has 0 aliphatic rings. The van der Waals surface area contributed by atoms with Crippen molar-refractivity contribution >= 4 is 11.6 Å². The van der Waals surface area contributed by atoms with Gasteiger partial charge in [-0.05, 0) is 12.1 Å². The van der Waals surface area contributed by atoms with Gasteiger partial charge in [0.1, 0.15) is 5.69 Å². The van der Waals surface area contributed by atoms with Gasteiger partial charge in [-0.2, -0.15) is 0 Å². The summed E-state index contributed by atoms with van der Waals surface area (Å²) in [4.78, 5) is 14.4. The van der Waals surface area contributed by atoms with Crippen molar-refractivity contribution in [1.82, 2.24) is 15.0 Å². The molecule has 0 saturated carbocycles. The number of hydrogen-bond donors (Lipinski definition) is 0. The molecule has 0 aliphatic carbocycles. The van der Waals surface area contributed by atoms with E-state index in [1.807, 2.05) is 109 Å². The zero-order valence-corrected chi connectivity index (χ0v) is 17.4. The Balaban J connectivity index is 1.67. The summed E-state index contributed by atoms with van der Waals surface area (Å²) in [6, 6.07) is 34.0. The maximum atomic E-state index is 6.59. The fraction of sp³-hybridized carbons (Fsp3) is 0. The molecule has 0 N–H and O–H groups in total. The number of pyridine rings is 1. The lowest BCUT2D eigenvalue weighted by molar-refractivity contribution is 1.20. The summed E-state index contributed by atoms with van der Waals surface area (Å²) < 4.78 is 0. The number of hydrogen-bond acceptors (Lipinski definition) is 3. The van der Waals surface area contributed by atoms with E-state index in [2.05, 4.69) is 4.98 Å². The first kappa shape index (κ1) is 19.2. The maximum absolute atomic E-state index is 6.59. The molecule has 4 heteroatoms. The molecule has 0 fully saturated rings. The Hall–Kier alpha value is -3.82. The van der Waals surface area contributed by atoms with Crippen molar-refractivity contribution in [2.45, 2.75) is 0 Å². The average Bonchev–Trinajstić information content (AvgIpc) is 2.86. The first-order chi connectivity index (χ1) is 15.3. The predicted molar refractivity (Wildman–Crippen MR) is 127 cm³/mol. The number of benzene rings is 3. The van der Waals surface area contributed by atoms with Gasteiger partial charge in [0.05, 0.1) is 17.1 Å². The van der Waals surface area contributed by atoms with Gasteiger partial charge in [-0.25, -0.2) is 9.97 Å². The molecule has 0 amide bonds. The van der Waals surface area contributed by atoms with Crippen molar-refractivity contribution in [3.63, 3.8) is 0 Å². The van der Waals surface area contributed by atoms with Crippen LogP contribution in [-0.4, -0.2) is 15.0 Å². The second-order valence-corrected chi connectivity index (χ2v) is 7.45. The van der Waals surface area contributed by atoms with Gasteiger partial charge in [-0.15, -0.1) is 0 Å². The van der Waals surface area contributed by atoms with E-state index in [1.165, 1.54) is 0 Å². The quantitative estimate of drug-likeness (QED) is 0.309. The summed E-state index contributed by atoms with van der Waals surface area (Å²) in [7, 11) is 0. The molecule has 0 bridgehead atoms. The Bertz CT molecular complexity index is 1300. The van der Waals surface area contributed by atoms with Gasteiger partial charge in [0, 0.05) is 28.5 Å². The van der Waals surface area contributed by atoms with Crippen LogP contribution in [0.4, 0.5) is 0 Å². The zero-order chi connectivity index (χ0) is 21.0. The van der Waals surface area contributed by atoms with Crippen LogP contribution < -0.4 is 0 Å². The van der Waals surface area contributed by atoms with Crippen molar-refractivity contribution < 1.29 is 0 Å². The standard InChI is InChI=1S/C27H18ClN3/c28-27-26(21-14-8-3-9-15-21)30-25(24(31-27)20-12-6-2-7-13-20)22-16-17-23(29-18-22)19-10-4-1-5-11-19/h1-18H. The number of halogens is 1. The van der Waals surface area contributed by atoms with Crippen LogP contribution in [0.15, 0.2) is 109 Å². The molecular weight excluding hydrogens is 402 g/mol. The number of rotatable bonds is 4. The molecule has 2 aromatic heterocycles. The predicted octanol–water partition coefficient (Wildman–Crippen LogP) is 7.19. The van der Waals surface area contributed by atoms with Crippen molar-refractivity contribution in [2.75, 3.05) is 0 Å². The first-order valence-electron chi connectivity index (χ1n) is 10.00. The van der Waals surface area contributed by atoms with E-state index in [1.54, 1.807) is 0 Å². The van der Waals surface area contributed by atoms with Crippen molar-refractivity contribution in [1.29, 1.82) is 0 Å². The lowest BCUT2D eigenvalue weighted by atomic mass is 10.0. The van der Waals surface area contributed by atoms with Crippen LogP contribution in [0.1, 0.15) is 0 Å².